The zero-order valence-corrected chi connectivity index (χ0v) is 11.0. The predicted molar refractivity (Wildman–Crippen MR) is 69.1 cm³/mol. The van der Waals surface area contributed by atoms with Crippen molar-refractivity contribution in [1.82, 2.24) is 0 Å². The number of ether oxygens (including phenoxy) is 1. The molecule has 0 saturated carbocycles. The second kappa shape index (κ2) is 6.94. The quantitative estimate of drug-likeness (QED) is 0.775. The second-order valence-electron chi connectivity index (χ2n) is 3.89. The van der Waals surface area contributed by atoms with Crippen LogP contribution in [0.2, 0.25) is 0 Å². The fraction of sp³-hybridized carbons (Fsp3) is 0.538. The summed E-state index contributed by atoms with van der Waals surface area (Å²) in [4.78, 5) is 1.25. The molecule has 90 valence electrons. The molecule has 3 heteroatoms. The summed E-state index contributed by atoms with van der Waals surface area (Å²) in [7, 11) is 0. The first-order chi connectivity index (χ1) is 7.63. The van der Waals surface area contributed by atoms with Gasteiger partial charge in [0.2, 0.25) is 0 Å². The standard InChI is InChI=1S/C13H20O2S/c1-4-15-8-12(14)9-16-13-7-10(2)5-6-11(13)3/h5-7,12,14H,4,8-9H2,1-3H3. The van der Waals surface area contributed by atoms with Crippen LogP contribution >= 0.6 is 11.8 Å². The molecule has 1 unspecified atom stereocenters. The van der Waals surface area contributed by atoms with Gasteiger partial charge in [-0.1, -0.05) is 17.7 Å². The van der Waals surface area contributed by atoms with E-state index in [1.165, 1.54) is 16.0 Å². The largest absolute Gasteiger partial charge is 0.390 e. The van der Waals surface area contributed by atoms with Crippen LogP contribution in [0.3, 0.4) is 0 Å². The van der Waals surface area contributed by atoms with Gasteiger partial charge in [0.05, 0.1) is 12.7 Å². The lowest BCUT2D eigenvalue weighted by Crippen LogP contribution is -2.17. The van der Waals surface area contributed by atoms with Gasteiger partial charge in [0.15, 0.2) is 0 Å². The fourth-order valence-electron chi connectivity index (χ4n) is 1.35. The summed E-state index contributed by atoms with van der Waals surface area (Å²) in [5.41, 5.74) is 2.52. The van der Waals surface area contributed by atoms with Crippen LogP contribution in [-0.2, 0) is 4.74 Å². The third kappa shape index (κ3) is 4.56. The Morgan fingerprint density at radius 2 is 2.12 bits per heavy atom. The molecule has 2 nitrogen and oxygen atoms in total. The Kier molecular flexibility index (Phi) is 5.88. The van der Waals surface area contributed by atoms with Gasteiger partial charge >= 0.3 is 0 Å². The van der Waals surface area contributed by atoms with Gasteiger partial charge in [-0.05, 0) is 32.4 Å². The maximum Gasteiger partial charge on any atom is 0.0867 e. The normalized spacial score (nSPS) is 12.8. The first kappa shape index (κ1) is 13.6. The molecule has 0 saturated heterocycles. The highest BCUT2D eigenvalue weighted by Crippen LogP contribution is 2.24. The Morgan fingerprint density at radius 1 is 1.38 bits per heavy atom. The maximum absolute atomic E-state index is 9.66. The van der Waals surface area contributed by atoms with Crippen molar-refractivity contribution in [3.05, 3.63) is 29.3 Å². The van der Waals surface area contributed by atoms with Gasteiger partial charge in [0.1, 0.15) is 0 Å². The van der Waals surface area contributed by atoms with E-state index in [9.17, 15) is 5.11 Å². The summed E-state index contributed by atoms with van der Waals surface area (Å²) in [6.07, 6.45) is -0.384. The molecule has 1 rings (SSSR count). The zero-order valence-electron chi connectivity index (χ0n) is 10.2. The minimum atomic E-state index is -0.384. The van der Waals surface area contributed by atoms with Crippen LogP contribution in [-0.4, -0.2) is 30.2 Å². The molecule has 1 atom stereocenters. The Bertz CT molecular complexity index is 326. The average Bonchev–Trinajstić information content (AvgIpc) is 2.27. The van der Waals surface area contributed by atoms with Crippen LogP contribution in [0.1, 0.15) is 18.1 Å². The molecule has 0 aliphatic rings. The van der Waals surface area contributed by atoms with Crippen molar-refractivity contribution >= 4 is 11.8 Å². The average molecular weight is 240 g/mol. The van der Waals surface area contributed by atoms with Crippen LogP contribution < -0.4 is 0 Å². The fourth-order valence-corrected chi connectivity index (χ4v) is 2.38. The van der Waals surface area contributed by atoms with E-state index < -0.39 is 0 Å². The van der Waals surface area contributed by atoms with Crippen molar-refractivity contribution in [1.29, 1.82) is 0 Å². The summed E-state index contributed by atoms with van der Waals surface area (Å²) in [6, 6.07) is 6.38. The van der Waals surface area contributed by atoms with E-state index in [-0.39, 0.29) is 6.10 Å². The lowest BCUT2D eigenvalue weighted by Gasteiger charge is -2.11. The van der Waals surface area contributed by atoms with Gasteiger partial charge in [-0.2, -0.15) is 0 Å². The summed E-state index contributed by atoms with van der Waals surface area (Å²) >= 11 is 1.69. The number of aliphatic hydroxyl groups is 1. The highest BCUT2D eigenvalue weighted by molar-refractivity contribution is 7.99. The van der Waals surface area contributed by atoms with Gasteiger partial charge in [-0.3, -0.25) is 0 Å². The molecular weight excluding hydrogens is 220 g/mol. The summed E-state index contributed by atoms with van der Waals surface area (Å²) in [5.74, 6) is 0.685. The number of aryl methyl sites for hydroxylation is 2. The monoisotopic (exact) mass is 240 g/mol. The van der Waals surface area contributed by atoms with Crippen molar-refractivity contribution < 1.29 is 9.84 Å². The molecule has 0 bridgehead atoms. The summed E-state index contributed by atoms with van der Waals surface area (Å²) in [6.45, 7) is 7.20. The Balaban J connectivity index is 2.44. The van der Waals surface area contributed by atoms with Crippen LogP contribution in [0.5, 0.6) is 0 Å². The maximum atomic E-state index is 9.66. The number of hydrogen-bond donors (Lipinski definition) is 1. The van der Waals surface area contributed by atoms with Crippen molar-refractivity contribution in [2.45, 2.75) is 31.8 Å². The van der Waals surface area contributed by atoms with Crippen molar-refractivity contribution in [3.8, 4) is 0 Å². The molecule has 0 radical (unpaired) electrons. The van der Waals surface area contributed by atoms with Gasteiger partial charge in [0.25, 0.3) is 0 Å². The first-order valence-electron chi connectivity index (χ1n) is 5.59. The van der Waals surface area contributed by atoms with Gasteiger partial charge in [-0.15, -0.1) is 11.8 Å². The number of rotatable bonds is 6. The number of hydrogen-bond acceptors (Lipinski definition) is 3. The Hall–Kier alpha value is -0.510. The van der Waals surface area contributed by atoms with E-state index in [2.05, 4.69) is 32.0 Å². The summed E-state index contributed by atoms with van der Waals surface area (Å²) < 4.78 is 5.17. The molecule has 0 heterocycles. The summed E-state index contributed by atoms with van der Waals surface area (Å²) in [5, 5.41) is 9.66. The van der Waals surface area contributed by atoms with E-state index in [0.29, 0.717) is 19.0 Å². The van der Waals surface area contributed by atoms with Crippen LogP contribution in [0.15, 0.2) is 23.1 Å². The van der Waals surface area contributed by atoms with E-state index in [0.717, 1.165) is 0 Å². The molecule has 0 aromatic heterocycles. The SMILES string of the molecule is CCOCC(O)CSc1cc(C)ccc1C. The van der Waals surface area contributed by atoms with Crippen LogP contribution in [0, 0.1) is 13.8 Å². The predicted octanol–water partition coefficient (Wildman–Crippen LogP) is 2.79. The van der Waals surface area contributed by atoms with Crippen LogP contribution in [0.4, 0.5) is 0 Å². The number of aliphatic hydroxyl groups excluding tert-OH is 1. The highest BCUT2D eigenvalue weighted by atomic mass is 32.2. The van der Waals surface area contributed by atoms with Crippen molar-refractivity contribution in [2.75, 3.05) is 19.0 Å². The van der Waals surface area contributed by atoms with E-state index >= 15 is 0 Å². The smallest absolute Gasteiger partial charge is 0.0867 e. The molecule has 0 aliphatic carbocycles. The van der Waals surface area contributed by atoms with E-state index in [4.69, 9.17) is 4.74 Å². The topological polar surface area (TPSA) is 29.5 Å². The third-order valence-electron chi connectivity index (χ3n) is 2.29. The van der Waals surface area contributed by atoms with Gasteiger partial charge in [0, 0.05) is 17.3 Å². The molecule has 0 amide bonds. The minimum absolute atomic E-state index is 0.384. The van der Waals surface area contributed by atoms with Crippen molar-refractivity contribution in [2.24, 2.45) is 0 Å². The molecule has 1 aromatic rings. The minimum Gasteiger partial charge on any atom is -0.390 e. The molecule has 0 spiro atoms. The number of thioether (sulfide) groups is 1. The molecule has 0 fully saturated rings. The number of benzene rings is 1. The molecule has 16 heavy (non-hydrogen) atoms. The Labute approximate surface area is 102 Å². The Morgan fingerprint density at radius 3 is 2.81 bits per heavy atom. The second-order valence-corrected chi connectivity index (χ2v) is 4.96. The highest BCUT2D eigenvalue weighted by Gasteiger charge is 2.06. The lowest BCUT2D eigenvalue weighted by molar-refractivity contribution is 0.0551. The molecule has 0 aliphatic heterocycles. The molecular formula is C13H20O2S. The van der Waals surface area contributed by atoms with Crippen LogP contribution in [0.25, 0.3) is 0 Å². The third-order valence-corrected chi connectivity index (χ3v) is 3.59. The molecule has 1 aromatic carbocycles. The van der Waals surface area contributed by atoms with E-state index in [1.54, 1.807) is 11.8 Å². The van der Waals surface area contributed by atoms with Gasteiger partial charge in [-0.25, -0.2) is 0 Å². The van der Waals surface area contributed by atoms with E-state index in [1.807, 2.05) is 6.92 Å². The van der Waals surface area contributed by atoms with Crippen molar-refractivity contribution in [3.63, 3.8) is 0 Å². The molecule has 1 N–H and O–H groups in total. The first-order valence-corrected chi connectivity index (χ1v) is 6.58. The van der Waals surface area contributed by atoms with Gasteiger partial charge < -0.3 is 9.84 Å². The zero-order chi connectivity index (χ0) is 12.0. The lowest BCUT2D eigenvalue weighted by atomic mass is 10.2.